The standard InChI is InChI=1S/C25H23NO4S/c1-19-12-14-23(15-13-19)31(28,29)26-22(16-24(26)21-10-6-3-7-11-21)17-25(27)30-18-20-8-4-2-5-9-20/h2-15,17,24H,16,18H2,1H3/b22-17+. The van der Waals surface area contributed by atoms with Crippen molar-refractivity contribution in [2.75, 3.05) is 0 Å². The van der Waals surface area contributed by atoms with Gasteiger partial charge in [-0.2, -0.15) is 0 Å². The number of sulfonamides is 1. The van der Waals surface area contributed by atoms with E-state index in [0.29, 0.717) is 12.1 Å². The third-order valence-corrected chi connectivity index (χ3v) is 7.11. The molecule has 0 spiro atoms. The van der Waals surface area contributed by atoms with Gasteiger partial charge in [0.05, 0.1) is 10.9 Å². The molecule has 4 rings (SSSR count). The van der Waals surface area contributed by atoms with Crippen molar-refractivity contribution in [1.82, 2.24) is 4.31 Å². The highest BCUT2D eigenvalue weighted by atomic mass is 32.2. The molecule has 1 aliphatic heterocycles. The average molecular weight is 434 g/mol. The Balaban J connectivity index is 1.60. The summed E-state index contributed by atoms with van der Waals surface area (Å²) in [6, 6.07) is 25.1. The predicted molar refractivity (Wildman–Crippen MR) is 118 cm³/mol. The van der Waals surface area contributed by atoms with Gasteiger partial charge in [0.25, 0.3) is 10.0 Å². The Morgan fingerprint density at radius 3 is 2.23 bits per heavy atom. The summed E-state index contributed by atoms with van der Waals surface area (Å²) in [4.78, 5) is 12.6. The maximum Gasteiger partial charge on any atom is 0.332 e. The van der Waals surface area contributed by atoms with E-state index in [1.54, 1.807) is 24.3 Å². The molecule has 1 atom stereocenters. The van der Waals surface area contributed by atoms with Crippen LogP contribution in [0.2, 0.25) is 0 Å². The third-order valence-electron chi connectivity index (χ3n) is 5.24. The first-order valence-corrected chi connectivity index (χ1v) is 11.5. The first kappa shape index (κ1) is 20.9. The smallest absolute Gasteiger partial charge is 0.332 e. The summed E-state index contributed by atoms with van der Waals surface area (Å²) in [7, 11) is -3.82. The van der Waals surface area contributed by atoms with Crippen LogP contribution in [0.3, 0.4) is 0 Å². The van der Waals surface area contributed by atoms with Crippen LogP contribution in [-0.2, 0) is 26.2 Å². The van der Waals surface area contributed by atoms with Crippen LogP contribution in [0.5, 0.6) is 0 Å². The van der Waals surface area contributed by atoms with Crippen LogP contribution in [0.25, 0.3) is 0 Å². The number of hydrogen-bond donors (Lipinski definition) is 0. The summed E-state index contributed by atoms with van der Waals surface area (Å²) in [5.74, 6) is -0.561. The topological polar surface area (TPSA) is 63.7 Å². The Morgan fingerprint density at radius 1 is 0.968 bits per heavy atom. The number of aryl methyl sites for hydroxylation is 1. The largest absolute Gasteiger partial charge is 0.458 e. The highest BCUT2D eigenvalue weighted by Gasteiger charge is 2.43. The molecular formula is C25H23NO4S. The van der Waals surface area contributed by atoms with Crippen molar-refractivity contribution >= 4 is 16.0 Å². The Labute approximate surface area is 182 Å². The van der Waals surface area contributed by atoms with Crippen molar-refractivity contribution in [3.05, 3.63) is 113 Å². The van der Waals surface area contributed by atoms with Gasteiger partial charge in [0, 0.05) is 18.2 Å². The molecule has 3 aromatic carbocycles. The van der Waals surface area contributed by atoms with Gasteiger partial charge < -0.3 is 4.74 Å². The Hall–Kier alpha value is -3.38. The second kappa shape index (κ2) is 8.78. The number of rotatable bonds is 6. The van der Waals surface area contributed by atoms with Gasteiger partial charge in [0.1, 0.15) is 6.61 Å². The SMILES string of the molecule is Cc1ccc(S(=O)(=O)N2/C(=C/C(=O)OCc3ccccc3)CC2c2ccccc2)cc1. The normalized spacial score (nSPS) is 17.3. The molecule has 6 heteroatoms. The molecule has 0 radical (unpaired) electrons. The van der Waals surface area contributed by atoms with Gasteiger partial charge in [0.2, 0.25) is 0 Å². The fourth-order valence-electron chi connectivity index (χ4n) is 3.56. The van der Waals surface area contributed by atoms with E-state index in [0.717, 1.165) is 16.7 Å². The molecule has 1 unspecified atom stereocenters. The fourth-order valence-corrected chi connectivity index (χ4v) is 5.24. The lowest BCUT2D eigenvalue weighted by atomic mass is 9.94. The van der Waals surface area contributed by atoms with E-state index in [1.807, 2.05) is 67.6 Å². The van der Waals surface area contributed by atoms with Crippen LogP contribution in [0, 0.1) is 6.92 Å². The summed E-state index contributed by atoms with van der Waals surface area (Å²) < 4.78 is 33.5. The quantitative estimate of drug-likeness (QED) is 0.415. The molecule has 0 N–H and O–H groups in total. The summed E-state index contributed by atoms with van der Waals surface area (Å²) in [5, 5.41) is 0. The number of carbonyl (C=O) groups excluding carboxylic acids is 1. The molecule has 1 aliphatic rings. The summed E-state index contributed by atoms with van der Waals surface area (Å²) in [5.41, 5.74) is 3.15. The monoisotopic (exact) mass is 433 g/mol. The van der Waals surface area contributed by atoms with Gasteiger partial charge in [-0.3, -0.25) is 4.31 Å². The Kier molecular flexibility index (Phi) is 5.91. The van der Waals surface area contributed by atoms with Crippen molar-refractivity contribution in [3.63, 3.8) is 0 Å². The number of esters is 1. The lowest BCUT2D eigenvalue weighted by molar-refractivity contribution is -0.139. The molecule has 5 nitrogen and oxygen atoms in total. The Bertz CT molecular complexity index is 1190. The molecule has 0 aromatic heterocycles. The number of hydrogen-bond acceptors (Lipinski definition) is 4. The first-order chi connectivity index (χ1) is 14.9. The molecule has 0 bridgehead atoms. The van der Waals surface area contributed by atoms with Crippen LogP contribution < -0.4 is 0 Å². The minimum atomic E-state index is -3.82. The zero-order valence-corrected chi connectivity index (χ0v) is 18.0. The summed E-state index contributed by atoms with van der Waals surface area (Å²) in [6.07, 6.45) is 1.73. The molecule has 1 fully saturated rings. The molecule has 3 aromatic rings. The van der Waals surface area contributed by atoms with Crippen LogP contribution in [-0.4, -0.2) is 18.7 Å². The van der Waals surface area contributed by atoms with Gasteiger partial charge in [-0.1, -0.05) is 78.4 Å². The molecule has 0 amide bonds. The van der Waals surface area contributed by atoms with E-state index in [2.05, 4.69) is 0 Å². The highest BCUT2D eigenvalue weighted by molar-refractivity contribution is 7.89. The lowest BCUT2D eigenvalue weighted by Crippen LogP contribution is -2.43. The number of nitrogens with zero attached hydrogens (tertiary/aromatic N) is 1. The van der Waals surface area contributed by atoms with E-state index < -0.39 is 16.0 Å². The molecular weight excluding hydrogens is 410 g/mol. The Morgan fingerprint density at radius 2 is 1.58 bits per heavy atom. The molecule has 0 saturated carbocycles. The predicted octanol–water partition coefficient (Wildman–Crippen LogP) is 4.76. The molecule has 1 heterocycles. The van der Waals surface area contributed by atoms with Crippen LogP contribution in [0.4, 0.5) is 0 Å². The van der Waals surface area contributed by atoms with E-state index in [4.69, 9.17) is 4.74 Å². The molecule has 158 valence electrons. The number of benzene rings is 3. The van der Waals surface area contributed by atoms with Crippen LogP contribution in [0.15, 0.2) is 102 Å². The maximum absolute atomic E-state index is 13.4. The van der Waals surface area contributed by atoms with E-state index >= 15 is 0 Å². The van der Waals surface area contributed by atoms with E-state index in [9.17, 15) is 13.2 Å². The van der Waals surface area contributed by atoms with Crippen molar-refractivity contribution in [2.45, 2.75) is 30.9 Å². The van der Waals surface area contributed by atoms with Gasteiger partial charge in [-0.25, -0.2) is 13.2 Å². The van der Waals surface area contributed by atoms with Gasteiger partial charge in [-0.15, -0.1) is 0 Å². The first-order valence-electron chi connectivity index (χ1n) is 10.0. The maximum atomic E-state index is 13.4. The van der Waals surface area contributed by atoms with E-state index in [-0.39, 0.29) is 17.5 Å². The zero-order chi connectivity index (χ0) is 21.8. The van der Waals surface area contributed by atoms with Crippen LogP contribution in [0.1, 0.15) is 29.2 Å². The van der Waals surface area contributed by atoms with Gasteiger partial charge in [-0.05, 0) is 30.2 Å². The number of ether oxygens (including phenoxy) is 1. The average Bonchev–Trinajstić information content (AvgIpc) is 2.76. The highest BCUT2D eigenvalue weighted by Crippen LogP contribution is 2.45. The number of carbonyl (C=O) groups is 1. The van der Waals surface area contributed by atoms with E-state index in [1.165, 1.54) is 10.4 Å². The fraction of sp³-hybridized carbons (Fsp3) is 0.160. The second-order valence-electron chi connectivity index (χ2n) is 7.47. The molecule has 1 saturated heterocycles. The lowest BCUT2D eigenvalue weighted by Gasteiger charge is -2.44. The molecule has 31 heavy (non-hydrogen) atoms. The minimum absolute atomic E-state index is 0.135. The second-order valence-corrected chi connectivity index (χ2v) is 9.29. The van der Waals surface area contributed by atoms with Crippen molar-refractivity contribution in [2.24, 2.45) is 0 Å². The molecule has 0 aliphatic carbocycles. The van der Waals surface area contributed by atoms with Crippen LogP contribution >= 0.6 is 0 Å². The van der Waals surface area contributed by atoms with Crippen molar-refractivity contribution in [1.29, 1.82) is 0 Å². The summed E-state index contributed by atoms with van der Waals surface area (Å²) in [6.45, 7) is 2.04. The minimum Gasteiger partial charge on any atom is -0.458 e. The third kappa shape index (κ3) is 4.54. The van der Waals surface area contributed by atoms with Crippen molar-refractivity contribution in [3.8, 4) is 0 Å². The summed E-state index contributed by atoms with van der Waals surface area (Å²) >= 11 is 0. The van der Waals surface area contributed by atoms with Gasteiger partial charge >= 0.3 is 5.97 Å². The van der Waals surface area contributed by atoms with Crippen molar-refractivity contribution < 1.29 is 17.9 Å². The zero-order valence-electron chi connectivity index (χ0n) is 17.1. The van der Waals surface area contributed by atoms with Gasteiger partial charge in [0.15, 0.2) is 0 Å².